The average Bonchev–Trinajstić information content (AvgIpc) is 3.23. The Bertz CT molecular complexity index is 2370. The van der Waals surface area contributed by atoms with Crippen molar-refractivity contribution in [2.75, 3.05) is 23.9 Å². The number of fused-ring (bicyclic) bond motifs is 2. The van der Waals surface area contributed by atoms with Crippen molar-refractivity contribution in [3.8, 4) is 0 Å². The number of hydrogen-bond donors (Lipinski definition) is 2. The van der Waals surface area contributed by atoms with Crippen molar-refractivity contribution in [1.82, 2.24) is 4.90 Å². The number of ether oxygens (including phenoxy) is 1. The number of rotatable bonds is 10. The quantitative estimate of drug-likeness (QED) is 0.121. The fraction of sp³-hybridized carbons (Fsp3) is 0.349. The third kappa shape index (κ3) is 10.1. The van der Waals surface area contributed by atoms with Crippen LogP contribution in [0.1, 0.15) is 62.1 Å². The third-order valence-corrected chi connectivity index (χ3v) is 10.7. The van der Waals surface area contributed by atoms with E-state index in [1.165, 1.54) is 14.7 Å². The lowest BCUT2D eigenvalue weighted by atomic mass is 9.91. The van der Waals surface area contributed by atoms with Gasteiger partial charge in [-0.2, -0.15) is 52.7 Å². The molecule has 2 aliphatic rings. The molecule has 6 rings (SSSR count). The lowest BCUT2D eigenvalue weighted by molar-refractivity contribution is -0.376. The summed E-state index contributed by atoms with van der Waals surface area (Å²) in [4.78, 5) is 51.6. The molecule has 0 aliphatic carbocycles. The van der Waals surface area contributed by atoms with Crippen LogP contribution < -0.4 is 9.80 Å². The summed E-state index contributed by atoms with van der Waals surface area (Å²) in [6.45, 7) is 0.154. The van der Waals surface area contributed by atoms with Gasteiger partial charge in [0.05, 0.1) is 13.1 Å². The molecule has 2 heterocycles. The largest absolute Gasteiger partial charge is 0.463 e. The Hall–Kier alpha value is -6.16. The second-order valence-corrected chi connectivity index (χ2v) is 15.2. The van der Waals surface area contributed by atoms with Gasteiger partial charge in [-0.05, 0) is 64.9 Å². The van der Waals surface area contributed by atoms with Gasteiger partial charge in [0.15, 0.2) is 0 Å². The Balaban J connectivity index is 0.000000244. The van der Waals surface area contributed by atoms with Gasteiger partial charge in [0.1, 0.15) is 6.61 Å². The van der Waals surface area contributed by atoms with Gasteiger partial charge < -0.3 is 29.6 Å². The minimum absolute atomic E-state index is 0.0491. The van der Waals surface area contributed by atoms with Crippen LogP contribution in [0.3, 0.4) is 0 Å². The van der Waals surface area contributed by atoms with Crippen LogP contribution >= 0.6 is 0 Å². The summed E-state index contributed by atoms with van der Waals surface area (Å²) in [6.07, 6.45) is -22.8. The molecule has 3 amide bonds. The molecular weight excluding hydrogens is 898 g/mol. The summed E-state index contributed by atoms with van der Waals surface area (Å²) in [7, 11) is 3.19. The van der Waals surface area contributed by atoms with Crippen LogP contribution in [0.2, 0.25) is 0 Å². The first kappa shape index (κ1) is 49.8. The molecule has 2 aliphatic heterocycles. The molecule has 0 spiro atoms. The summed E-state index contributed by atoms with van der Waals surface area (Å²) in [6, 6.07) is 16.0. The van der Waals surface area contributed by atoms with Gasteiger partial charge in [0.25, 0.3) is 23.6 Å². The predicted octanol–water partition coefficient (Wildman–Crippen LogP) is 8.33. The van der Waals surface area contributed by atoms with Crippen LogP contribution in [-0.4, -0.2) is 78.1 Å². The van der Waals surface area contributed by atoms with E-state index in [-0.39, 0.29) is 61.4 Å². The van der Waals surface area contributed by atoms with Crippen LogP contribution in [-0.2, 0) is 62.9 Å². The highest BCUT2D eigenvalue weighted by Gasteiger charge is 2.72. The van der Waals surface area contributed by atoms with E-state index in [0.29, 0.717) is 66.1 Å². The van der Waals surface area contributed by atoms with Gasteiger partial charge in [-0.3, -0.25) is 19.2 Å². The van der Waals surface area contributed by atoms with Gasteiger partial charge >= 0.3 is 24.7 Å². The number of nitrogens with zero attached hydrogens (tertiary/aromatic N) is 3. The Labute approximate surface area is 361 Å². The molecule has 0 atom stereocenters. The van der Waals surface area contributed by atoms with E-state index in [2.05, 4.69) is 0 Å². The zero-order chi connectivity index (χ0) is 48.5. The summed E-state index contributed by atoms with van der Waals surface area (Å²) < 4.78 is 161. The first-order valence-electron chi connectivity index (χ1n) is 19.1. The molecule has 22 heteroatoms. The van der Waals surface area contributed by atoms with Crippen LogP contribution in [0.25, 0.3) is 0 Å². The van der Waals surface area contributed by atoms with Crippen LogP contribution in [0.5, 0.6) is 0 Å². The number of hydrogen-bond acceptors (Lipinski definition) is 7. The van der Waals surface area contributed by atoms with E-state index >= 15 is 0 Å². The highest BCUT2D eigenvalue weighted by Crippen LogP contribution is 2.51. The van der Waals surface area contributed by atoms with Crippen LogP contribution in [0.15, 0.2) is 84.9 Å². The Morgan fingerprint density at radius 3 is 1.32 bits per heavy atom. The van der Waals surface area contributed by atoms with E-state index in [1.54, 1.807) is 50.5 Å². The first-order chi connectivity index (χ1) is 30.0. The maximum Gasteiger partial charge on any atom is 0.430 e. The molecule has 0 radical (unpaired) electrons. The molecule has 0 saturated heterocycles. The van der Waals surface area contributed by atoms with E-state index < -0.39 is 47.0 Å². The molecule has 0 unspecified atom stereocenters. The molecule has 350 valence electrons. The second-order valence-electron chi connectivity index (χ2n) is 15.2. The molecular formula is C43H37F12N3O7. The maximum absolute atomic E-state index is 13.1. The maximum atomic E-state index is 13.1. The van der Waals surface area contributed by atoms with Crippen molar-refractivity contribution >= 4 is 35.6 Å². The topological polar surface area (TPSA) is 128 Å². The molecule has 4 aromatic rings. The fourth-order valence-electron chi connectivity index (χ4n) is 7.18. The van der Waals surface area contributed by atoms with Crippen molar-refractivity contribution in [3.63, 3.8) is 0 Å². The summed E-state index contributed by atoms with van der Waals surface area (Å²) in [5.74, 6) is -0.764. The van der Waals surface area contributed by atoms with E-state index in [9.17, 15) is 82.1 Å². The molecule has 2 N–H and O–H groups in total. The summed E-state index contributed by atoms with van der Waals surface area (Å²) in [5.41, 5.74) is -8.53. The van der Waals surface area contributed by atoms with E-state index in [0.717, 1.165) is 35.4 Å². The molecule has 0 fully saturated rings. The minimum Gasteiger partial charge on any atom is -0.463 e. The standard InChI is InChI=1S/C22H20F6N2O3.C21H17F6NO4/c1-29(2)19(32)15-5-9-17-14(11-15)6-10-18(31)30(17)12-13-3-7-16(8-4-13)20(33,21(23,24)25)22(26,27)28;22-20(23,24)19(31,21(25,26)27)16-5-1-13(2-6-16)10-28-17-7-3-14(11-32-12-29)9-15(17)4-8-18(28)30/h3-5,7-9,11,33H,6,10,12H2,1-2H3;1-3,5-7,9,12,31H,4,8,10-11H2. The SMILES string of the molecule is CN(C)C(=O)c1ccc2c(c1)CCC(=O)N2Cc1ccc(C(O)(C(F)(F)F)C(F)(F)F)cc1.O=COCc1ccc2c(c1)CCC(=O)N2Cc1ccc(C(O)(C(F)(F)F)C(F)(F)F)cc1. The monoisotopic (exact) mass is 935 g/mol. The zero-order valence-corrected chi connectivity index (χ0v) is 33.9. The van der Waals surface area contributed by atoms with Gasteiger partial charge in [-0.15, -0.1) is 0 Å². The second kappa shape index (κ2) is 18.4. The number of amides is 3. The van der Waals surface area contributed by atoms with Crippen molar-refractivity contribution in [1.29, 1.82) is 0 Å². The predicted molar refractivity (Wildman–Crippen MR) is 206 cm³/mol. The van der Waals surface area contributed by atoms with Crippen molar-refractivity contribution in [3.05, 3.63) is 129 Å². The average molecular weight is 936 g/mol. The van der Waals surface area contributed by atoms with Gasteiger partial charge in [-0.1, -0.05) is 60.7 Å². The number of carbonyl (C=O) groups excluding carboxylic acids is 4. The normalized spacial score (nSPS) is 14.8. The highest BCUT2D eigenvalue weighted by molar-refractivity contribution is 5.99. The number of benzene rings is 4. The minimum atomic E-state index is -5.98. The number of halogens is 12. The Morgan fingerprint density at radius 1 is 0.585 bits per heavy atom. The number of alkyl halides is 12. The fourth-order valence-corrected chi connectivity index (χ4v) is 7.18. The Kier molecular flexibility index (Phi) is 14.1. The van der Waals surface area contributed by atoms with Gasteiger partial charge in [0, 0.05) is 55.0 Å². The highest BCUT2D eigenvalue weighted by atomic mass is 19.4. The van der Waals surface area contributed by atoms with Crippen LogP contribution in [0.4, 0.5) is 64.1 Å². The number of aryl methyl sites for hydroxylation is 2. The molecule has 10 nitrogen and oxygen atoms in total. The van der Waals surface area contributed by atoms with Crippen molar-refractivity contribution in [2.45, 2.75) is 81.3 Å². The van der Waals surface area contributed by atoms with Crippen molar-refractivity contribution in [2.24, 2.45) is 0 Å². The molecule has 65 heavy (non-hydrogen) atoms. The summed E-state index contributed by atoms with van der Waals surface area (Å²) >= 11 is 0. The number of anilines is 2. The van der Waals surface area contributed by atoms with E-state index in [4.69, 9.17) is 4.74 Å². The zero-order valence-electron chi connectivity index (χ0n) is 33.9. The molecule has 4 aromatic carbocycles. The van der Waals surface area contributed by atoms with Crippen molar-refractivity contribution < 1.29 is 86.8 Å². The first-order valence-corrected chi connectivity index (χ1v) is 19.1. The Morgan fingerprint density at radius 2 is 0.954 bits per heavy atom. The van der Waals surface area contributed by atoms with E-state index in [1.807, 2.05) is 0 Å². The lowest BCUT2D eigenvalue weighted by Crippen LogP contribution is -2.53. The smallest absolute Gasteiger partial charge is 0.430 e. The number of aliphatic hydroxyl groups is 2. The third-order valence-electron chi connectivity index (χ3n) is 10.7. The molecule has 0 saturated carbocycles. The summed E-state index contributed by atoms with van der Waals surface area (Å²) in [5, 5.41) is 19.0. The van der Waals surface area contributed by atoms with Crippen LogP contribution in [0, 0.1) is 0 Å². The number of carbonyl (C=O) groups is 4. The molecule has 0 aromatic heterocycles. The molecule has 0 bridgehead atoms. The van der Waals surface area contributed by atoms with Gasteiger partial charge in [0.2, 0.25) is 11.8 Å². The van der Waals surface area contributed by atoms with Gasteiger partial charge in [-0.25, -0.2) is 0 Å². The lowest BCUT2D eigenvalue weighted by Gasteiger charge is -2.33.